The van der Waals surface area contributed by atoms with Crippen molar-refractivity contribution in [2.75, 3.05) is 0 Å². The Morgan fingerprint density at radius 1 is 1.50 bits per heavy atom. The normalized spacial score (nSPS) is 20.0. The van der Waals surface area contributed by atoms with Gasteiger partial charge in [0.1, 0.15) is 11.5 Å². The highest BCUT2D eigenvalue weighted by Gasteiger charge is 2.23. The smallest absolute Gasteiger partial charge is 0.139 e. The third kappa shape index (κ3) is 1.34. The Morgan fingerprint density at radius 3 is 3.19 bits per heavy atom. The van der Waals surface area contributed by atoms with Crippen molar-refractivity contribution in [1.82, 2.24) is 9.38 Å². The second-order valence-corrected chi connectivity index (χ2v) is 4.52. The van der Waals surface area contributed by atoms with E-state index in [0.717, 1.165) is 18.5 Å². The minimum Gasteiger partial charge on any atom is -0.301 e. The van der Waals surface area contributed by atoms with Crippen LogP contribution in [0.2, 0.25) is 0 Å². The Hall–Kier alpha value is -1.38. The molecule has 2 nitrogen and oxygen atoms in total. The summed E-state index contributed by atoms with van der Waals surface area (Å²) in [5, 5.41) is 0. The van der Waals surface area contributed by atoms with Gasteiger partial charge in [0.25, 0.3) is 0 Å². The van der Waals surface area contributed by atoms with Crippen LogP contribution < -0.4 is 0 Å². The Bertz CT molecular complexity index is 530. The number of hydrogen-bond donors (Lipinski definition) is 0. The van der Waals surface area contributed by atoms with Gasteiger partial charge in [0, 0.05) is 17.8 Å². The molecule has 0 aliphatic heterocycles. The Labute approximate surface area is 94.1 Å². The summed E-state index contributed by atoms with van der Waals surface area (Å²) in [6.07, 6.45) is 6.11. The molecule has 0 bridgehead atoms. The van der Waals surface area contributed by atoms with E-state index < -0.39 is 0 Å². The third-order valence-electron chi connectivity index (χ3n) is 3.56. The molecule has 0 amide bonds. The first kappa shape index (κ1) is 9.82. The summed E-state index contributed by atoms with van der Waals surface area (Å²) in [6, 6.07) is 3.25. The number of imidazole rings is 1. The van der Waals surface area contributed by atoms with E-state index in [-0.39, 0.29) is 5.82 Å². The highest BCUT2D eigenvalue weighted by Crippen LogP contribution is 2.33. The van der Waals surface area contributed by atoms with Gasteiger partial charge in [0.2, 0.25) is 0 Å². The van der Waals surface area contributed by atoms with Gasteiger partial charge in [-0.3, -0.25) is 0 Å². The zero-order valence-electron chi connectivity index (χ0n) is 9.41. The van der Waals surface area contributed by atoms with Crippen molar-refractivity contribution in [3.05, 3.63) is 35.5 Å². The molecule has 2 aromatic rings. The van der Waals surface area contributed by atoms with Crippen LogP contribution in [0.4, 0.5) is 4.39 Å². The van der Waals surface area contributed by atoms with Gasteiger partial charge < -0.3 is 4.40 Å². The van der Waals surface area contributed by atoms with Crippen LogP contribution in [0.25, 0.3) is 5.65 Å². The molecule has 3 rings (SSSR count). The lowest BCUT2D eigenvalue weighted by atomic mass is 9.88. The molecule has 84 valence electrons. The predicted molar refractivity (Wildman–Crippen MR) is 61.1 cm³/mol. The monoisotopic (exact) mass is 218 g/mol. The Kier molecular flexibility index (Phi) is 2.20. The molecule has 0 saturated carbocycles. The van der Waals surface area contributed by atoms with Crippen molar-refractivity contribution >= 4 is 5.65 Å². The zero-order valence-corrected chi connectivity index (χ0v) is 9.41. The third-order valence-corrected chi connectivity index (χ3v) is 3.56. The van der Waals surface area contributed by atoms with Crippen LogP contribution in [-0.4, -0.2) is 9.38 Å². The van der Waals surface area contributed by atoms with Gasteiger partial charge in [-0.1, -0.05) is 6.92 Å². The minimum atomic E-state index is -0.189. The SMILES string of the molecule is CCC1CCCc2c1nc1ccc(F)cn21. The van der Waals surface area contributed by atoms with Crippen LogP contribution in [0.15, 0.2) is 18.3 Å². The first-order valence-electron chi connectivity index (χ1n) is 5.96. The summed E-state index contributed by atoms with van der Waals surface area (Å²) < 4.78 is 15.1. The topological polar surface area (TPSA) is 17.3 Å². The first-order chi connectivity index (χ1) is 7.79. The van der Waals surface area contributed by atoms with Gasteiger partial charge in [-0.2, -0.15) is 0 Å². The van der Waals surface area contributed by atoms with E-state index in [1.807, 2.05) is 4.40 Å². The maximum absolute atomic E-state index is 13.2. The predicted octanol–water partition coefficient (Wildman–Crippen LogP) is 3.30. The molecule has 2 aromatic heterocycles. The molecule has 2 heterocycles. The van der Waals surface area contributed by atoms with Crippen LogP contribution in [0.5, 0.6) is 0 Å². The first-order valence-corrected chi connectivity index (χ1v) is 5.96. The van der Waals surface area contributed by atoms with Crippen LogP contribution in [0, 0.1) is 5.82 Å². The summed E-state index contributed by atoms with van der Waals surface area (Å²) in [4.78, 5) is 4.64. The van der Waals surface area contributed by atoms with Crippen molar-refractivity contribution in [2.45, 2.75) is 38.5 Å². The summed E-state index contributed by atoms with van der Waals surface area (Å²) in [6.45, 7) is 2.20. The van der Waals surface area contributed by atoms with Crippen molar-refractivity contribution in [1.29, 1.82) is 0 Å². The lowest BCUT2D eigenvalue weighted by molar-refractivity contribution is 0.522. The fourth-order valence-corrected chi connectivity index (χ4v) is 2.71. The number of hydrogen-bond acceptors (Lipinski definition) is 1. The molecule has 0 spiro atoms. The van der Waals surface area contributed by atoms with Gasteiger partial charge in [-0.15, -0.1) is 0 Å². The lowest BCUT2D eigenvalue weighted by Crippen LogP contribution is -2.09. The van der Waals surface area contributed by atoms with E-state index in [1.54, 1.807) is 12.3 Å². The molecule has 0 N–H and O–H groups in total. The Morgan fingerprint density at radius 2 is 2.38 bits per heavy atom. The van der Waals surface area contributed by atoms with Crippen molar-refractivity contribution in [3.8, 4) is 0 Å². The second kappa shape index (κ2) is 3.58. The van der Waals surface area contributed by atoms with E-state index in [1.165, 1.54) is 30.3 Å². The van der Waals surface area contributed by atoms with Crippen LogP contribution in [-0.2, 0) is 6.42 Å². The molecule has 0 saturated heterocycles. The average Bonchev–Trinajstić information content (AvgIpc) is 2.67. The van der Waals surface area contributed by atoms with E-state index in [2.05, 4.69) is 11.9 Å². The van der Waals surface area contributed by atoms with E-state index >= 15 is 0 Å². The second-order valence-electron chi connectivity index (χ2n) is 4.52. The minimum absolute atomic E-state index is 0.189. The molecule has 1 unspecified atom stereocenters. The molecule has 1 atom stereocenters. The highest BCUT2D eigenvalue weighted by atomic mass is 19.1. The largest absolute Gasteiger partial charge is 0.301 e. The van der Waals surface area contributed by atoms with E-state index in [4.69, 9.17) is 0 Å². The molecule has 0 fully saturated rings. The van der Waals surface area contributed by atoms with Crippen molar-refractivity contribution < 1.29 is 4.39 Å². The molecular weight excluding hydrogens is 203 g/mol. The maximum atomic E-state index is 13.2. The van der Waals surface area contributed by atoms with Crippen LogP contribution in [0.1, 0.15) is 43.5 Å². The van der Waals surface area contributed by atoms with Crippen molar-refractivity contribution in [2.24, 2.45) is 0 Å². The molecular formula is C13H15FN2. The molecule has 0 aromatic carbocycles. The number of nitrogens with zero attached hydrogens (tertiary/aromatic N) is 2. The van der Waals surface area contributed by atoms with Gasteiger partial charge in [-0.05, 0) is 37.8 Å². The molecule has 1 aliphatic carbocycles. The van der Waals surface area contributed by atoms with E-state index in [0.29, 0.717) is 5.92 Å². The number of pyridine rings is 1. The number of aromatic nitrogens is 2. The quantitative estimate of drug-likeness (QED) is 0.717. The molecule has 1 aliphatic rings. The fourth-order valence-electron chi connectivity index (χ4n) is 2.71. The number of rotatable bonds is 1. The highest BCUT2D eigenvalue weighted by molar-refractivity contribution is 5.45. The summed E-state index contributed by atoms with van der Waals surface area (Å²) in [5.74, 6) is 0.373. The van der Waals surface area contributed by atoms with Gasteiger partial charge in [-0.25, -0.2) is 9.37 Å². The summed E-state index contributed by atoms with van der Waals surface area (Å²) >= 11 is 0. The fraction of sp³-hybridized carbons (Fsp3) is 0.462. The van der Waals surface area contributed by atoms with Gasteiger partial charge in [0.15, 0.2) is 0 Å². The van der Waals surface area contributed by atoms with Crippen LogP contribution in [0.3, 0.4) is 0 Å². The summed E-state index contributed by atoms with van der Waals surface area (Å²) in [5.41, 5.74) is 3.29. The average molecular weight is 218 g/mol. The summed E-state index contributed by atoms with van der Waals surface area (Å²) in [7, 11) is 0. The lowest BCUT2D eigenvalue weighted by Gasteiger charge is -2.19. The molecule has 0 radical (unpaired) electrons. The molecule has 16 heavy (non-hydrogen) atoms. The van der Waals surface area contributed by atoms with Gasteiger partial charge >= 0.3 is 0 Å². The standard InChI is InChI=1S/C13H15FN2/c1-2-9-4-3-5-11-13(9)15-12-7-6-10(14)8-16(11)12/h6-9H,2-5H2,1H3. The van der Waals surface area contributed by atoms with Crippen LogP contribution >= 0.6 is 0 Å². The Balaban J connectivity index is 2.24. The molecule has 3 heteroatoms. The van der Waals surface area contributed by atoms with E-state index in [9.17, 15) is 4.39 Å². The number of aryl methyl sites for hydroxylation is 1. The van der Waals surface area contributed by atoms with Crippen molar-refractivity contribution in [3.63, 3.8) is 0 Å². The van der Waals surface area contributed by atoms with Gasteiger partial charge in [0.05, 0.1) is 5.69 Å². The maximum Gasteiger partial charge on any atom is 0.139 e. The zero-order chi connectivity index (χ0) is 11.1. The number of fused-ring (bicyclic) bond motifs is 3. The number of halogens is 1.